The molecule has 1 amide bonds. The van der Waals surface area contributed by atoms with E-state index in [4.69, 9.17) is 14.2 Å². The number of benzene rings is 2. The summed E-state index contributed by atoms with van der Waals surface area (Å²) in [6.45, 7) is 1.61. The molecule has 3 aromatic rings. The third kappa shape index (κ3) is 4.24. The van der Waals surface area contributed by atoms with Crippen LogP contribution in [-0.2, 0) is 14.3 Å². The minimum absolute atomic E-state index is 0.121. The van der Waals surface area contributed by atoms with Crippen LogP contribution in [0.1, 0.15) is 32.5 Å². The fourth-order valence-corrected chi connectivity index (χ4v) is 4.86. The second-order valence-electron chi connectivity index (χ2n) is 7.58. The van der Waals surface area contributed by atoms with E-state index in [9.17, 15) is 19.5 Å². The smallest absolute Gasteiger partial charge is 0.350 e. The van der Waals surface area contributed by atoms with Crippen molar-refractivity contribution in [1.82, 2.24) is 4.98 Å². The van der Waals surface area contributed by atoms with Crippen molar-refractivity contribution >= 4 is 39.9 Å². The molecule has 180 valence electrons. The summed E-state index contributed by atoms with van der Waals surface area (Å²) in [6, 6.07) is 12.3. The van der Waals surface area contributed by atoms with Gasteiger partial charge in [0.05, 0.1) is 38.6 Å². The van der Waals surface area contributed by atoms with E-state index in [2.05, 4.69) is 4.98 Å². The summed E-state index contributed by atoms with van der Waals surface area (Å²) in [7, 11) is 4.23. The molecule has 1 aliphatic rings. The molecule has 1 atom stereocenters. The molecule has 9 nitrogen and oxygen atoms in total. The molecule has 4 rings (SSSR count). The summed E-state index contributed by atoms with van der Waals surface area (Å²) < 4.78 is 15.4. The number of methoxy groups -OCH3 is 3. The number of anilines is 1. The first-order chi connectivity index (χ1) is 16.8. The molecule has 1 aromatic heterocycles. The van der Waals surface area contributed by atoms with Crippen LogP contribution in [0.2, 0.25) is 0 Å². The topological polar surface area (TPSA) is 115 Å². The van der Waals surface area contributed by atoms with Crippen LogP contribution >= 0.6 is 11.3 Å². The first kappa shape index (κ1) is 24.0. The Morgan fingerprint density at radius 2 is 1.69 bits per heavy atom. The zero-order valence-corrected chi connectivity index (χ0v) is 20.2. The molecule has 1 N–H and O–H groups in total. The van der Waals surface area contributed by atoms with E-state index in [1.54, 1.807) is 55.5 Å². The average Bonchev–Trinajstić information content (AvgIpc) is 3.39. The Hall–Kier alpha value is -4.18. The highest BCUT2D eigenvalue weighted by Crippen LogP contribution is 2.44. The third-order valence-electron chi connectivity index (χ3n) is 5.56. The van der Waals surface area contributed by atoms with Crippen LogP contribution in [0, 0.1) is 6.92 Å². The SMILES string of the molecule is COC(=O)c1sc(N2C(=O)C(=O)/C(=C(/O)c3cccc(OC)c3)C2c2cccc(OC)c2)nc1C. The number of aryl methyl sites for hydroxylation is 1. The minimum atomic E-state index is -1.02. The van der Waals surface area contributed by atoms with Gasteiger partial charge in [0.15, 0.2) is 5.13 Å². The lowest BCUT2D eigenvalue weighted by Gasteiger charge is -2.23. The fourth-order valence-electron chi connectivity index (χ4n) is 3.85. The second-order valence-corrected chi connectivity index (χ2v) is 8.56. The van der Waals surface area contributed by atoms with E-state index < -0.39 is 23.7 Å². The number of ketones is 1. The van der Waals surface area contributed by atoms with Gasteiger partial charge in [0.1, 0.15) is 22.1 Å². The number of aromatic nitrogens is 1. The van der Waals surface area contributed by atoms with Crippen molar-refractivity contribution in [3.63, 3.8) is 0 Å². The Bertz CT molecular complexity index is 1360. The van der Waals surface area contributed by atoms with Gasteiger partial charge < -0.3 is 19.3 Å². The predicted octanol–water partition coefficient (Wildman–Crippen LogP) is 3.88. The monoisotopic (exact) mass is 494 g/mol. The van der Waals surface area contributed by atoms with Crippen LogP contribution < -0.4 is 14.4 Å². The van der Waals surface area contributed by atoms with E-state index in [1.807, 2.05) is 0 Å². The molecule has 10 heteroatoms. The summed E-state index contributed by atoms with van der Waals surface area (Å²) in [5.41, 5.74) is 1.06. The lowest BCUT2D eigenvalue weighted by atomic mass is 9.95. The Balaban J connectivity index is 1.95. The van der Waals surface area contributed by atoms with Crippen molar-refractivity contribution in [3.05, 3.63) is 75.8 Å². The van der Waals surface area contributed by atoms with E-state index in [0.717, 1.165) is 11.3 Å². The lowest BCUT2D eigenvalue weighted by Crippen LogP contribution is -2.29. The van der Waals surface area contributed by atoms with Gasteiger partial charge in [0.2, 0.25) is 0 Å². The second kappa shape index (κ2) is 9.59. The number of aliphatic hydroxyl groups is 1. The van der Waals surface area contributed by atoms with Gasteiger partial charge in [-0.1, -0.05) is 35.6 Å². The van der Waals surface area contributed by atoms with Crippen molar-refractivity contribution in [3.8, 4) is 11.5 Å². The number of hydrogen-bond donors (Lipinski definition) is 1. The largest absolute Gasteiger partial charge is 0.507 e. The zero-order chi connectivity index (χ0) is 25.3. The van der Waals surface area contributed by atoms with E-state index in [-0.39, 0.29) is 21.3 Å². The number of thiazole rings is 1. The van der Waals surface area contributed by atoms with Crippen molar-refractivity contribution in [2.24, 2.45) is 0 Å². The van der Waals surface area contributed by atoms with E-state index in [1.165, 1.54) is 26.2 Å². The van der Waals surface area contributed by atoms with Crippen molar-refractivity contribution < 1.29 is 33.7 Å². The Morgan fingerprint density at radius 1 is 1.03 bits per heavy atom. The highest BCUT2D eigenvalue weighted by Gasteiger charge is 2.48. The van der Waals surface area contributed by atoms with Gasteiger partial charge in [-0.05, 0) is 36.8 Å². The number of ether oxygens (including phenoxy) is 3. The molecule has 0 saturated carbocycles. The fraction of sp³-hybridized carbons (Fsp3) is 0.200. The first-order valence-corrected chi connectivity index (χ1v) is 11.3. The third-order valence-corrected chi connectivity index (χ3v) is 6.70. The van der Waals surface area contributed by atoms with Gasteiger partial charge in [-0.25, -0.2) is 9.78 Å². The predicted molar refractivity (Wildman–Crippen MR) is 129 cm³/mol. The standard InChI is InChI=1S/C25H22N2O7S/c1-13-22(24(31)34-4)35-25(26-13)27-19(14-7-5-9-16(11-14)32-2)18(21(29)23(27)30)20(28)15-8-6-10-17(12-15)33-3/h5-12,19,28H,1-4H3/b20-18+. The zero-order valence-electron chi connectivity index (χ0n) is 19.4. The molecule has 2 heterocycles. The van der Waals surface area contributed by atoms with Gasteiger partial charge in [0, 0.05) is 5.56 Å². The number of aliphatic hydroxyl groups excluding tert-OH is 1. The van der Waals surface area contributed by atoms with Crippen LogP contribution in [0.15, 0.2) is 54.1 Å². The number of Topliss-reactive ketones (excluding diaryl/α,β-unsaturated/α-hetero) is 1. The van der Waals surface area contributed by atoms with Gasteiger partial charge >= 0.3 is 11.9 Å². The van der Waals surface area contributed by atoms with E-state index >= 15 is 0 Å². The quantitative estimate of drug-likeness (QED) is 0.238. The summed E-state index contributed by atoms with van der Waals surface area (Å²) >= 11 is 0.931. The van der Waals surface area contributed by atoms with Crippen molar-refractivity contribution in [2.45, 2.75) is 13.0 Å². The van der Waals surface area contributed by atoms with Gasteiger partial charge in [-0.15, -0.1) is 0 Å². The average molecular weight is 495 g/mol. The maximum absolute atomic E-state index is 13.3. The summed E-state index contributed by atoms with van der Waals surface area (Å²) in [5.74, 6) is -1.76. The Labute approximate surface area is 205 Å². The first-order valence-electron chi connectivity index (χ1n) is 10.5. The molecule has 1 fully saturated rings. The molecule has 35 heavy (non-hydrogen) atoms. The summed E-state index contributed by atoms with van der Waals surface area (Å²) in [5, 5.41) is 11.4. The number of rotatable bonds is 6. The molecular weight excluding hydrogens is 472 g/mol. The van der Waals surface area contributed by atoms with Crippen LogP contribution in [0.4, 0.5) is 5.13 Å². The van der Waals surface area contributed by atoms with Gasteiger partial charge in [-0.2, -0.15) is 0 Å². The molecule has 2 aromatic carbocycles. The molecule has 1 unspecified atom stereocenters. The van der Waals surface area contributed by atoms with Crippen LogP contribution in [0.3, 0.4) is 0 Å². The summed E-state index contributed by atoms with van der Waals surface area (Å²) in [6.07, 6.45) is 0. The summed E-state index contributed by atoms with van der Waals surface area (Å²) in [4.78, 5) is 44.5. The number of carbonyl (C=O) groups is 3. The molecule has 0 spiro atoms. The Morgan fingerprint density at radius 3 is 2.34 bits per heavy atom. The molecule has 0 aliphatic carbocycles. The lowest BCUT2D eigenvalue weighted by molar-refractivity contribution is -0.132. The Kier molecular flexibility index (Phi) is 6.57. The van der Waals surface area contributed by atoms with Crippen LogP contribution in [0.5, 0.6) is 11.5 Å². The number of amides is 1. The van der Waals surface area contributed by atoms with Crippen molar-refractivity contribution in [1.29, 1.82) is 0 Å². The maximum atomic E-state index is 13.3. The molecule has 0 radical (unpaired) electrons. The van der Waals surface area contributed by atoms with Crippen LogP contribution in [-0.4, -0.2) is 49.1 Å². The highest BCUT2D eigenvalue weighted by atomic mass is 32.1. The van der Waals surface area contributed by atoms with Gasteiger partial charge in [-0.3, -0.25) is 14.5 Å². The normalized spacial score (nSPS) is 16.9. The number of esters is 1. The van der Waals surface area contributed by atoms with Gasteiger partial charge in [0.25, 0.3) is 5.78 Å². The molecular formula is C25H22N2O7S. The van der Waals surface area contributed by atoms with E-state index in [0.29, 0.717) is 28.3 Å². The molecule has 1 saturated heterocycles. The number of hydrogen-bond acceptors (Lipinski definition) is 9. The maximum Gasteiger partial charge on any atom is 0.350 e. The molecule has 1 aliphatic heterocycles. The number of nitrogens with zero attached hydrogens (tertiary/aromatic N) is 2. The highest BCUT2D eigenvalue weighted by molar-refractivity contribution is 7.17. The van der Waals surface area contributed by atoms with Crippen LogP contribution in [0.25, 0.3) is 5.76 Å². The minimum Gasteiger partial charge on any atom is -0.507 e. The molecule has 0 bridgehead atoms. The van der Waals surface area contributed by atoms with Crippen molar-refractivity contribution in [2.75, 3.05) is 26.2 Å². The number of carbonyl (C=O) groups excluding carboxylic acids is 3.